The molecule has 1 aromatic carbocycles. The number of nitrogens with zero attached hydrogens (tertiary/aromatic N) is 1. The predicted octanol–water partition coefficient (Wildman–Crippen LogP) is 2.05. The first-order valence-corrected chi connectivity index (χ1v) is 5.26. The van der Waals surface area contributed by atoms with E-state index in [2.05, 4.69) is 5.16 Å². The van der Waals surface area contributed by atoms with E-state index in [1.807, 2.05) is 30.3 Å². The van der Waals surface area contributed by atoms with Crippen molar-refractivity contribution in [2.24, 2.45) is 5.16 Å². The van der Waals surface area contributed by atoms with Gasteiger partial charge in [0.15, 0.2) is 5.71 Å². The minimum absolute atomic E-state index is 0.270. The summed E-state index contributed by atoms with van der Waals surface area (Å²) in [6.45, 7) is -0.861. The number of hydrogen-bond acceptors (Lipinski definition) is 3. The molecule has 0 saturated carbocycles. The van der Waals surface area contributed by atoms with Crippen molar-refractivity contribution in [3.05, 3.63) is 35.9 Å². The number of carboxylic acids is 1. The van der Waals surface area contributed by atoms with Gasteiger partial charge in [-0.15, -0.1) is 0 Å². The van der Waals surface area contributed by atoms with Crippen LogP contribution >= 0.6 is 0 Å². The molecule has 0 aromatic heterocycles. The van der Waals surface area contributed by atoms with Crippen molar-refractivity contribution in [3.8, 4) is 0 Å². The van der Waals surface area contributed by atoms with Crippen molar-refractivity contribution < 1.29 is 19.1 Å². The van der Waals surface area contributed by atoms with E-state index in [-0.39, 0.29) is 6.61 Å². The average Bonchev–Trinajstić information content (AvgIpc) is 2.34. The molecular formula is C12H14FNO3. The molecular weight excluding hydrogens is 225 g/mol. The zero-order valence-corrected chi connectivity index (χ0v) is 9.30. The first kappa shape index (κ1) is 13.2. The van der Waals surface area contributed by atoms with Crippen LogP contribution in [0.15, 0.2) is 35.5 Å². The lowest BCUT2D eigenvalue weighted by molar-refractivity contribution is -0.129. The van der Waals surface area contributed by atoms with Gasteiger partial charge in [-0.2, -0.15) is 0 Å². The third-order valence-electron chi connectivity index (χ3n) is 2.09. The SMILES string of the molecule is O=C(O)/C(CF)=N\OCCCc1ccccc1. The first-order valence-electron chi connectivity index (χ1n) is 5.26. The number of halogens is 1. The Hall–Kier alpha value is -1.91. The summed E-state index contributed by atoms with van der Waals surface area (Å²) in [4.78, 5) is 15.1. The molecule has 1 rings (SSSR count). The smallest absolute Gasteiger partial charge is 0.356 e. The number of alkyl halides is 1. The second kappa shape index (κ2) is 7.38. The zero-order chi connectivity index (χ0) is 12.5. The van der Waals surface area contributed by atoms with Crippen molar-refractivity contribution in [2.75, 3.05) is 13.3 Å². The summed E-state index contributed by atoms with van der Waals surface area (Å²) in [6.07, 6.45) is 1.51. The molecule has 0 fully saturated rings. The van der Waals surface area contributed by atoms with Crippen molar-refractivity contribution in [1.82, 2.24) is 0 Å². The molecule has 1 aromatic rings. The summed E-state index contributed by atoms with van der Waals surface area (Å²) in [5.41, 5.74) is 0.564. The Morgan fingerprint density at radius 2 is 2.06 bits per heavy atom. The Labute approximate surface area is 98.7 Å². The van der Waals surface area contributed by atoms with Gasteiger partial charge in [-0.3, -0.25) is 0 Å². The minimum atomic E-state index is -1.39. The second-order valence-electron chi connectivity index (χ2n) is 3.40. The Kier molecular flexibility index (Phi) is 5.71. The van der Waals surface area contributed by atoms with E-state index in [0.29, 0.717) is 6.42 Å². The fourth-order valence-corrected chi connectivity index (χ4v) is 1.23. The van der Waals surface area contributed by atoms with Crippen LogP contribution < -0.4 is 0 Å². The Bertz CT molecular complexity index is 379. The summed E-state index contributed by atoms with van der Waals surface area (Å²) in [6, 6.07) is 9.81. The molecule has 0 aliphatic carbocycles. The van der Waals surface area contributed by atoms with Crippen LogP contribution in [0.5, 0.6) is 0 Å². The Morgan fingerprint density at radius 1 is 1.35 bits per heavy atom. The van der Waals surface area contributed by atoms with Gasteiger partial charge in [0, 0.05) is 0 Å². The average molecular weight is 239 g/mol. The van der Waals surface area contributed by atoms with Gasteiger partial charge in [0.05, 0.1) is 0 Å². The number of carboxylic acid groups (broad SMARTS) is 1. The van der Waals surface area contributed by atoms with Crippen molar-refractivity contribution in [3.63, 3.8) is 0 Å². The summed E-state index contributed by atoms with van der Waals surface area (Å²) >= 11 is 0. The molecule has 0 spiro atoms. The van der Waals surface area contributed by atoms with Crippen LogP contribution in [-0.2, 0) is 16.1 Å². The molecule has 0 bridgehead atoms. The van der Waals surface area contributed by atoms with E-state index in [1.54, 1.807) is 0 Å². The molecule has 5 heteroatoms. The van der Waals surface area contributed by atoms with Crippen LogP contribution in [0.4, 0.5) is 4.39 Å². The van der Waals surface area contributed by atoms with Crippen molar-refractivity contribution in [1.29, 1.82) is 0 Å². The van der Waals surface area contributed by atoms with Crippen LogP contribution in [-0.4, -0.2) is 30.1 Å². The van der Waals surface area contributed by atoms with E-state index in [1.165, 1.54) is 5.56 Å². The molecule has 0 heterocycles. The second-order valence-corrected chi connectivity index (χ2v) is 3.40. The highest BCUT2D eigenvalue weighted by molar-refractivity contribution is 6.36. The zero-order valence-electron chi connectivity index (χ0n) is 9.30. The van der Waals surface area contributed by atoms with Gasteiger partial charge in [0.2, 0.25) is 0 Å². The molecule has 0 aliphatic heterocycles. The molecule has 17 heavy (non-hydrogen) atoms. The lowest BCUT2D eigenvalue weighted by atomic mass is 10.1. The molecule has 0 radical (unpaired) electrons. The summed E-state index contributed by atoms with van der Waals surface area (Å²) in [7, 11) is 0. The molecule has 0 atom stereocenters. The van der Waals surface area contributed by atoms with Crippen LogP contribution in [0.3, 0.4) is 0 Å². The van der Waals surface area contributed by atoms with Crippen LogP contribution in [0, 0.1) is 0 Å². The summed E-state index contributed by atoms with van der Waals surface area (Å²) in [5.74, 6) is -1.39. The number of rotatable bonds is 7. The predicted molar refractivity (Wildman–Crippen MR) is 61.8 cm³/mol. The van der Waals surface area contributed by atoms with E-state index in [9.17, 15) is 9.18 Å². The summed E-state index contributed by atoms with van der Waals surface area (Å²) in [5, 5.41) is 11.7. The van der Waals surface area contributed by atoms with E-state index in [4.69, 9.17) is 9.94 Å². The maximum absolute atomic E-state index is 12.1. The van der Waals surface area contributed by atoms with Gasteiger partial charge in [-0.05, 0) is 18.4 Å². The number of carbonyl (C=O) groups is 1. The topological polar surface area (TPSA) is 58.9 Å². The van der Waals surface area contributed by atoms with Gasteiger partial charge in [0.1, 0.15) is 13.3 Å². The number of aliphatic carboxylic acids is 1. The van der Waals surface area contributed by atoms with E-state index >= 15 is 0 Å². The molecule has 0 amide bonds. The van der Waals surface area contributed by atoms with Gasteiger partial charge < -0.3 is 9.94 Å². The minimum Gasteiger partial charge on any atom is -0.477 e. The van der Waals surface area contributed by atoms with E-state index in [0.717, 1.165) is 6.42 Å². The maximum atomic E-state index is 12.1. The molecule has 92 valence electrons. The van der Waals surface area contributed by atoms with Crippen LogP contribution in [0.25, 0.3) is 0 Å². The van der Waals surface area contributed by atoms with Crippen molar-refractivity contribution in [2.45, 2.75) is 12.8 Å². The largest absolute Gasteiger partial charge is 0.477 e. The van der Waals surface area contributed by atoms with Gasteiger partial charge in [-0.25, -0.2) is 9.18 Å². The monoisotopic (exact) mass is 239 g/mol. The molecule has 1 N–H and O–H groups in total. The highest BCUT2D eigenvalue weighted by Gasteiger charge is 2.08. The van der Waals surface area contributed by atoms with Gasteiger partial charge in [-0.1, -0.05) is 35.5 Å². The normalized spacial score (nSPS) is 11.2. The highest BCUT2D eigenvalue weighted by Crippen LogP contribution is 2.02. The third-order valence-corrected chi connectivity index (χ3v) is 2.09. The fourth-order valence-electron chi connectivity index (χ4n) is 1.23. The quantitative estimate of drug-likeness (QED) is 0.450. The molecule has 0 aliphatic rings. The summed E-state index contributed by atoms with van der Waals surface area (Å²) < 4.78 is 12.1. The standard InChI is InChI=1S/C12H14FNO3/c13-9-11(12(15)16)14-17-8-4-7-10-5-2-1-3-6-10/h1-3,5-6H,4,7-9H2,(H,15,16)/b14-11-. The Balaban J connectivity index is 2.23. The van der Waals surface area contributed by atoms with Gasteiger partial charge in [0.25, 0.3) is 0 Å². The number of aryl methyl sites for hydroxylation is 1. The lowest BCUT2D eigenvalue weighted by Crippen LogP contribution is -2.15. The van der Waals surface area contributed by atoms with E-state index < -0.39 is 18.4 Å². The van der Waals surface area contributed by atoms with Crippen LogP contribution in [0.2, 0.25) is 0 Å². The first-order chi connectivity index (χ1) is 8.24. The maximum Gasteiger partial charge on any atom is 0.356 e. The number of benzene rings is 1. The van der Waals surface area contributed by atoms with Crippen LogP contribution in [0.1, 0.15) is 12.0 Å². The lowest BCUT2D eigenvalue weighted by Gasteiger charge is -2.01. The molecule has 0 unspecified atom stereocenters. The molecule has 0 saturated heterocycles. The third kappa shape index (κ3) is 5.10. The number of oxime groups is 1. The number of hydrogen-bond donors (Lipinski definition) is 1. The van der Waals surface area contributed by atoms with Crippen molar-refractivity contribution >= 4 is 11.7 Å². The van der Waals surface area contributed by atoms with Gasteiger partial charge >= 0.3 is 5.97 Å². The molecule has 4 nitrogen and oxygen atoms in total. The Morgan fingerprint density at radius 3 is 2.65 bits per heavy atom. The fraction of sp³-hybridized carbons (Fsp3) is 0.333. The highest BCUT2D eigenvalue weighted by atomic mass is 19.1.